The molecule has 25 heavy (non-hydrogen) atoms. The van der Waals surface area contributed by atoms with Gasteiger partial charge in [0.1, 0.15) is 0 Å². The molecule has 1 aromatic heterocycles. The Morgan fingerprint density at radius 1 is 1.36 bits per heavy atom. The molecule has 1 heterocycles. The molecular formula is C17H25ClIN5O. The number of hydrogen-bond acceptors (Lipinski definition) is 4. The van der Waals surface area contributed by atoms with Crippen LogP contribution in [-0.2, 0) is 18.5 Å². The summed E-state index contributed by atoms with van der Waals surface area (Å²) in [5, 5.41) is 7.97. The lowest BCUT2D eigenvalue weighted by molar-refractivity contribution is 0.318. The second kappa shape index (κ2) is 9.38. The predicted molar refractivity (Wildman–Crippen MR) is 112 cm³/mol. The second-order valence-electron chi connectivity index (χ2n) is 6.65. The van der Waals surface area contributed by atoms with E-state index >= 15 is 0 Å². The van der Waals surface area contributed by atoms with Crippen molar-refractivity contribution in [2.45, 2.75) is 39.3 Å². The maximum Gasteiger partial charge on any atom is 0.232 e. The van der Waals surface area contributed by atoms with E-state index in [2.05, 4.69) is 20.4 Å². The van der Waals surface area contributed by atoms with E-state index in [0.717, 1.165) is 16.5 Å². The molecule has 0 atom stereocenters. The lowest BCUT2D eigenvalue weighted by atomic mass is 9.97. The van der Waals surface area contributed by atoms with Gasteiger partial charge in [-0.3, -0.25) is 4.99 Å². The molecule has 6 nitrogen and oxygen atoms in total. The molecule has 0 saturated carbocycles. The van der Waals surface area contributed by atoms with Crippen molar-refractivity contribution in [3.63, 3.8) is 0 Å². The van der Waals surface area contributed by atoms with E-state index in [4.69, 9.17) is 16.1 Å². The van der Waals surface area contributed by atoms with E-state index in [0.29, 0.717) is 24.8 Å². The summed E-state index contributed by atoms with van der Waals surface area (Å²) >= 11 is 6.03. The Kier molecular flexibility index (Phi) is 8.14. The summed E-state index contributed by atoms with van der Waals surface area (Å²) in [6.45, 7) is 7.26. The first kappa shape index (κ1) is 21.7. The SMILES string of the molecule is CN=C(NCc1noc(C(C)(C)C)n1)N(C)Cc1cccc(Cl)c1.I. The molecule has 0 saturated heterocycles. The first-order valence-electron chi connectivity index (χ1n) is 7.79. The van der Waals surface area contributed by atoms with Crippen molar-refractivity contribution in [3.05, 3.63) is 46.6 Å². The summed E-state index contributed by atoms with van der Waals surface area (Å²) in [5.41, 5.74) is 0.957. The minimum atomic E-state index is -0.156. The molecule has 0 aliphatic carbocycles. The largest absolute Gasteiger partial charge is 0.349 e. The fourth-order valence-electron chi connectivity index (χ4n) is 2.16. The molecule has 0 fully saturated rings. The summed E-state index contributed by atoms with van der Waals surface area (Å²) in [7, 11) is 3.71. The van der Waals surface area contributed by atoms with Crippen molar-refractivity contribution < 1.29 is 4.52 Å². The van der Waals surface area contributed by atoms with E-state index in [1.54, 1.807) is 7.05 Å². The van der Waals surface area contributed by atoms with Gasteiger partial charge < -0.3 is 14.7 Å². The van der Waals surface area contributed by atoms with Gasteiger partial charge in [-0.2, -0.15) is 4.98 Å². The van der Waals surface area contributed by atoms with Crippen LogP contribution in [0.5, 0.6) is 0 Å². The van der Waals surface area contributed by atoms with Crippen LogP contribution < -0.4 is 5.32 Å². The number of aliphatic imine (C=N–C) groups is 1. The van der Waals surface area contributed by atoms with E-state index in [9.17, 15) is 0 Å². The lowest BCUT2D eigenvalue weighted by Gasteiger charge is -2.21. The average Bonchev–Trinajstić information content (AvgIpc) is 2.97. The van der Waals surface area contributed by atoms with Gasteiger partial charge in [-0.1, -0.05) is 49.7 Å². The number of aromatic nitrogens is 2. The van der Waals surface area contributed by atoms with E-state index in [1.807, 2.05) is 57.0 Å². The molecule has 0 aliphatic heterocycles. The highest BCUT2D eigenvalue weighted by atomic mass is 127. The van der Waals surface area contributed by atoms with Gasteiger partial charge >= 0.3 is 0 Å². The fraction of sp³-hybridized carbons (Fsp3) is 0.471. The number of nitrogens with one attached hydrogen (secondary N) is 1. The van der Waals surface area contributed by atoms with Crippen LogP contribution in [0.3, 0.4) is 0 Å². The van der Waals surface area contributed by atoms with Crippen molar-refractivity contribution in [1.29, 1.82) is 0 Å². The number of hydrogen-bond donors (Lipinski definition) is 1. The van der Waals surface area contributed by atoms with Crippen LogP contribution in [0.1, 0.15) is 38.0 Å². The predicted octanol–water partition coefficient (Wildman–Crippen LogP) is 3.85. The van der Waals surface area contributed by atoms with Crippen molar-refractivity contribution >= 4 is 41.5 Å². The Balaban J connectivity index is 0.00000312. The number of rotatable bonds is 4. The molecule has 1 N–H and O–H groups in total. The summed E-state index contributed by atoms with van der Waals surface area (Å²) in [5.74, 6) is 1.98. The summed E-state index contributed by atoms with van der Waals surface area (Å²) in [4.78, 5) is 10.7. The van der Waals surface area contributed by atoms with Crippen LogP contribution in [0, 0.1) is 0 Å². The Hall–Kier alpha value is -1.35. The van der Waals surface area contributed by atoms with Crippen LogP contribution in [0.2, 0.25) is 5.02 Å². The molecule has 2 aromatic rings. The highest BCUT2D eigenvalue weighted by Crippen LogP contribution is 2.19. The minimum absolute atomic E-state index is 0. The molecule has 1 aromatic carbocycles. The molecular weight excluding hydrogens is 453 g/mol. The van der Waals surface area contributed by atoms with Crippen LogP contribution >= 0.6 is 35.6 Å². The Bertz CT molecular complexity index is 711. The fourth-order valence-corrected chi connectivity index (χ4v) is 2.37. The van der Waals surface area contributed by atoms with Crippen LogP contribution in [-0.4, -0.2) is 35.1 Å². The van der Waals surface area contributed by atoms with Crippen molar-refractivity contribution in [2.24, 2.45) is 4.99 Å². The van der Waals surface area contributed by atoms with Crippen LogP contribution in [0.15, 0.2) is 33.8 Å². The molecule has 0 amide bonds. The molecule has 0 spiro atoms. The van der Waals surface area contributed by atoms with Gasteiger partial charge in [0, 0.05) is 31.1 Å². The third-order valence-corrected chi connectivity index (χ3v) is 3.63. The summed E-state index contributed by atoms with van der Waals surface area (Å²) in [6.07, 6.45) is 0. The highest BCUT2D eigenvalue weighted by molar-refractivity contribution is 14.0. The molecule has 138 valence electrons. The zero-order valence-electron chi connectivity index (χ0n) is 15.2. The first-order chi connectivity index (χ1) is 11.3. The van der Waals surface area contributed by atoms with Crippen molar-refractivity contribution in [1.82, 2.24) is 20.4 Å². The van der Waals surface area contributed by atoms with Gasteiger partial charge in [-0.15, -0.1) is 24.0 Å². The van der Waals surface area contributed by atoms with Gasteiger partial charge in [0.2, 0.25) is 5.89 Å². The Morgan fingerprint density at radius 2 is 2.08 bits per heavy atom. The zero-order valence-corrected chi connectivity index (χ0v) is 18.3. The van der Waals surface area contributed by atoms with Crippen molar-refractivity contribution in [3.8, 4) is 0 Å². The minimum Gasteiger partial charge on any atom is -0.349 e. The highest BCUT2D eigenvalue weighted by Gasteiger charge is 2.21. The van der Waals surface area contributed by atoms with Gasteiger partial charge in [0.15, 0.2) is 11.8 Å². The van der Waals surface area contributed by atoms with Crippen LogP contribution in [0.4, 0.5) is 0 Å². The normalized spacial score (nSPS) is 11.8. The Labute approximate surface area is 171 Å². The standard InChI is InChI=1S/C17H24ClN5O.HI/c1-17(2,3)15-21-14(22-24-15)10-20-16(19-4)23(5)11-12-7-6-8-13(18)9-12;/h6-9H,10-11H2,1-5H3,(H,19,20);1H. The number of halogens is 2. The molecule has 0 aliphatic rings. The van der Waals surface area contributed by atoms with E-state index < -0.39 is 0 Å². The average molecular weight is 478 g/mol. The molecule has 0 radical (unpaired) electrons. The summed E-state index contributed by atoms with van der Waals surface area (Å²) < 4.78 is 5.30. The first-order valence-corrected chi connectivity index (χ1v) is 8.16. The number of guanidine groups is 1. The monoisotopic (exact) mass is 477 g/mol. The lowest BCUT2D eigenvalue weighted by Crippen LogP contribution is -2.38. The van der Waals surface area contributed by atoms with E-state index in [-0.39, 0.29) is 29.4 Å². The number of nitrogens with zero attached hydrogens (tertiary/aromatic N) is 4. The third kappa shape index (κ3) is 6.47. The smallest absolute Gasteiger partial charge is 0.232 e. The van der Waals surface area contributed by atoms with Gasteiger partial charge in [0.05, 0.1) is 6.54 Å². The molecule has 0 unspecified atom stereocenters. The number of benzene rings is 1. The van der Waals surface area contributed by atoms with Crippen molar-refractivity contribution in [2.75, 3.05) is 14.1 Å². The Morgan fingerprint density at radius 3 is 2.64 bits per heavy atom. The second-order valence-corrected chi connectivity index (χ2v) is 7.09. The zero-order chi connectivity index (χ0) is 17.7. The van der Waals surface area contributed by atoms with E-state index in [1.165, 1.54) is 0 Å². The maximum absolute atomic E-state index is 6.03. The topological polar surface area (TPSA) is 66.5 Å². The van der Waals surface area contributed by atoms with Gasteiger partial charge in [-0.05, 0) is 17.7 Å². The van der Waals surface area contributed by atoms with Gasteiger partial charge in [-0.25, -0.2) is 0 Å². The van der Waals surface area contributed by atoms with Crippen LogP contribution in [0.25, 0.3) is 0 Å². The maximum atomic E-state index is 6.03. The summed E-state index contributed by atoms with van der Waals surface area (Å²) in [6, 6.07) is 7.78. The molecule has 0 bridgehead atoms. The quantitative estimate of drug-likeness (QED) is 0.412. The molecule has 8 heteroatoms. The molecule has 2 rings (SSSR count). The van der Waals surface area contributed by atoms with Gasteiger partial charge in [0.25, 0.3) is 0 Å². The third-order valence-electron chi connectivity index (χ3n) is 3.40.